The summed E-state index contributed by atoms with van der Waals surface area (Å²) < 4.78 is 17.1. The van der Waals surface area contributed by atoms with Gasteiger partial charge in [-0.3, -0.25) is 9.59 Å². The molecular formula is C24H23ClO5. The van der Waals surface area contributed by atoms with Gasteiger partial charge in [0.25, 0.3) is 0 Å². The average Bonchev–Trinajstić information content (AvgIpc) is 3.06. The highest BCUT2D eigenvalue weighted by Gasteiger charge is 2.58. The summed E-state index contributed by atoms with van der Waals surface area (Å²) in [7, 11) is 2.98. The van der Waals surface area contributed by atoms with Crippen LogP contribution in [0, 0.1) is 5.92 Å². The van der Waals surface area contributed by atoms with Crippen molar-refractivity contribution < 1.29 is 23.8 Å². The Morgan fingerprint density at radius 1 is 1.10 bits per heavy atom. The number of benzene rings is 2. The molecule has 4 rings (SSSR count). The van der Waals surface area contributed by atoms with Crippen molar-refractivity contribution in [3.63, 3.8) is 0 Å². The maximum atomic E-state index is 13.8. The van der Waals surface area contributed by atoms with Crippen molar-refractivity contribution in [2.75, 3.05) is 14.2 Å². The first-order chi connectivity index (χ1) is 14.4. The summed E-state index contributed by atoms with van der Waals surface area (Å²) in [5, 5.41) is 0.227. The third kappa shape index (κ3) is 3.08. The number of hydrogen-bond donors (Lipinski definition) is 0. The standard InChI is InChI=1S/C24H23ClO5/c1-14-11-17(26)12-16(10-9-15-7-5-4-6-8-15)24(14)23(27)20-18(28-2)13-19(29-3)21(25)22(20)30-24/h4-8,12-14H,9-11H2,1-3H3/t14-,24+/m1/s1. The van der Waals surface area contributed by atoms with Gasteiger partial charge in [-0.05, 0) is 30.1 Å². The van der Waals surface area contributed by atoms with Crippen LogP contribution in [0.2, 0.25) is 5.02 Å². The van der Waals surface area contributed by atoms with Gasteiger partial charge in [-0.25, -0.2) is 0 Å². The highest BCUT2D eigenvalue weighted by Crippen LogP contribution is 2.54. The monoisotopic (exact) mass is 426 g/mol. The molecule has 1 spiro atoms. The van der Waals surface area contributed by atoms with Gasteiger partial charge in [0.1, 0.15) is 22.1 Å². The molecule has 0 fully saturated rings. The fraction of sp³-hybridized carbons (Fsp3) is 0.333. The fourth-order valence-corrected chi connectivity index (χ4v) is 4.71. The van der Waals surface area contributed by atoms with Crippen LogP contribution < -0.4 is 14.2 Å². The lowest BCUT2D eigenvalue weighted by molar-refractivity contribution is -0.117. The van der Waals surface area contributed by atoms with Gasteiger partial charge in [0, 0.05) is 18.4 Å². The number of Topliss-reactive ketones (excluding diaryl/α,β-unsaturated/α-hetero) is 1. The van der Waals surface area contributed by atoms with Gasteiger partial charge in [-0.15, -0.1) is 0 Å². The first-order valence-electron chi connectivity index (χ1n) is 9.88. The number of rotatable bonds is 5. The topological polar surface area (TPSA) is 61.8 Å². The Morgan fingerprint density at radius 3 is 2.47 bits per heavy atom. The number of ketones is 2. The fourth-order valence-electron chi connectivity index (χ4n) is 4.44. The zero-order chi connectivity index (χ0) is 21.5. The molecule has 5 nitrogen and oxygen atoms in total. The molecule has 156 valence electrons. The van der Waals surface area contributed by atoms with Crippen LogP contribution in [0.25, 0.3) is 0 Å². The summed E-state index contributed by atoms with van der Waals surface area (Å²) in [6.45, 7) is 1.87. The second-order valence-electron chi connectivity index (χ2n) is 7.69. The van der Waals surface area contributed by atoms with E-state index in [1.165, 1.54) is 14.2 Å². The number of aryl methyl sites for hydroxylation is 1. The molecule has 0 amide bonds. The van der Waals surface area contributed by atoms with Gasteiger partial charge in [-0.2, -0.15) is 0 Å². The predicted octanol–water partition coefficient (Wildman–Crippen LogP) is 4.84. The summed E-state index contributed by atoms with van der Waals surface area (Å²) in [5.41, 5.74) is 0.830. The molecule has 6 heteroatoms. The molecular weight excluding hydrogens is 404 g/mol. The quantitative estimate of drug-likeness (QED) is 0.684. The Hall–Kier alpha value is -2.79. The second-order valence-corrected chi connectivity index (χ2v) is 8.07. The number of carbonyl (C=O) groups is 2. The molecule has 2 aromatic rings. The molecule has 2 aromatic carbocycles. The van der Waals surface area contributed by atoms with Crippen LogP contribution >= 0.6 is 11.6 Å². The van der Waals surface area contributed by atoms with Crippen LogP contribution in [0.15, 0.2) is 48.0 Å². The highest BCUT2D eigenvalue weighted by molar-refractivity contribution is 6.35. The van der Waals surface area contributed by atoms with Gasteiger partial charge in [0.2, 0.25) is 5.78 Å². The molecule has 1 aliphatic carbocycles. The number of carbonyl (C=O) groups excluding carboxylic acids is 2. The number of halogens is 1. The van der Waals surface area contributed by atoms with Crippen molar-refractivity contribution >= 4 is 23.2 Å². The highest BCUT2D eigenvalue weighted by atomic mass is 35.5. The summed E-state index contributed by atoms with van der Waals surface area (Å²) in [6.07, 6.45) is 3.02. The molecule has 2 aliphatic rings. The SMILES string of the molecule is COc1cc(OC)c2c(c1Cl)O[C@]1(C2=O)C(CCc2ccccc2)=CC(=O)C[C@H]1C. The first-order valence-corrected chi connectivity index (χ1v) is 10.3. The minimum atomic E-state index is -1.27. The minimum Gasteiger partial charge on any atom is -0.496 e. The van der Waals surface area contributed by atoms with Gasteiger partial charge >= 0.3 is 0 Å². The van der Waals surface area contributed by atoms with Crippen LogP contribution in [0.1, 0.15) is 35.7 Å². The van der Waals surface area contributed by atoms with Crippen LogP contribution in [-0.4, -0.2) is 31.4 Å². The van der Waals surface area contributed by atoms with Gasteiger partial charge in [0.05, 0.1) is 14.2 Å². The van der Waals surface area contributed by atoms with E-state index in [4.69, 9.17) is 25.8 Å². The van der Waals surface area contributed by atoms with Crippen LogP contribution in [0.5, 0.6) is 17.2 Å². The van der Waals surface area contributed by atoms with Crippen LogP contribution in [0.4, 0.5) is 0 Å². The summed E-state index contributed by atoms with van der Waals surface area (Å²) in [4.78, 5) is 26.2. The predicted molar refractivity (Wildman–Crippen MR) is 114 cm³/mol. The number of allylic oxidation sites excluding steroid dienone is 1. The number of methoxy groups -OCH3 is 2. The van der Waals surface area contributed by atoms with E-state index in [2.05, 4.69) is 0 Å². The minimum absolute atomic E-state index is 0.000754. The molecule has 0 radical (unpaired) electrons. The second kappa shape index (κ2) is 7.80. The van der Waals surface area contributed by atoms with Crippen LogP contribution in [0.3, 0.4) is 0 Å². The Balaban J connectivity index is 1.80. The third-order valence-corrected chi connectivity index (χ3v) is 6.32. The van der Waals surface area contributed by atoms with E-state index in [-0.39, 0.29) is 34.7 Å². The molecule has 0 N–H and O–H groups in total. The van der Waals surface area contributed by atoms with E-state index >= 15 is 0 Å². The van der Waals surface area contributed by atoms with E-state index in [9.17, 15) is 9.59 Å². The first kappa shape index (κ1) is 20.5. The van der Waals surface area contributed by atoms with Crippen molar-refractivity contribution in [2.45, 2.75) is 31.8 Å². The number of ether oxygens (including phenoxy) is 3. The maximum Gasteiger partial charge on any atom is 0.218 e. The molecule has 2 atom stereocenters. The lowest BCUT2D eigenvalue weighted by Crippen LogP contribution is -2.51. The van der Waals surface area contributed by atoms with E-state index in [0.717, 1.165) is 5.56 Å². The zero-order valence-electron chi connectivity index (χ0n) is 17.2. The average molecular weight is 427 g/mol. The van der Waals surface area contributed by atoms with Crippen LogP contribution in [-0.2, 0) is 11.2 Å². The van der Waals surface area contributed by atoms with E-state index in [1.807, 2.05) is 37.3 Å². The number of hydrogen-bond acceptors (Lipinski definition) is 5. The van der Waals surface area contributed by atoms with Crippen molar-refractivity contribution in [2.24, 2.45) is 5.92 Å². The molecule has 1 aliphatic heterocycles. The lowest BCUT2D eigenvalue weighted by Gasteiger charge is -2.38. The Kier molecular flexibility index (Phi) is 5.33. The van der Waals surface area contributed by atoms with E-state index in [0.29, 0.717) is 35.5 Å². The smallest absolute Gasteiger partial charge is 0.218 e. The Morgan fingerprint density at radius 2 is 1.80 bits per heavy atom. The molecule has 0 saturated carbocycles. The largest absolute Gasteiger partial charge is 0.496 e. The molecule has 0 unspecified atom stereocenters. The normalized spacial score (nSPS) is 22.5. The molecule has 0 saturated heterocycles. The van der Waals surface area contributed by atoms with Gasteiger partial charge in [0.15, 0.2) is 17.1 Å². The molecule has 0 aromatic heterocycles. The van der Waals surface area contributed by atoms with Crippen molar-refractivity contribution in [1.29, 1.82) is 0 Å². The Bertz CT molecular complexity index is 1040. The number of fused-ring (bicyclic) bond motifs is 1. The maximum absolute atomic E-state index is 13.8. The van der Waals surface area contributed by atoms with Crippen molar-refractivity contribution in [3.05, 3.63) is 64.2 Å². The van der Waals surface area contributed by atoms with Gasteiger partial charge < -0.3 is 14.2 Å². The zero-order valence-corrected chi connectivity index (χ0v) is 17.9. The summed E-state index contributed by atoms with van der Waals surface area (Å²) >= 11 is 6.50. The van der Waals surface area contributed by atoms with E-state index < -0.39 is 5.60 Å². The third-order valence-electron chi connectivity index (χ3n) is 5.96. The lowest BCUT2D eigenvalue weighted by atomic mass is 9.70. The van der Waals surface area contributed by atoms with Gasteiger partial charge in [-0.1, -0.05) is 48.9 Å². The molecule has 1 heterocycles. The molecule has 30 heavy (non-hydrogen) atoms. The molecule has 0 bridgehead atoms. The summed E-state index contributed by atoms with van der Waals surface area (Å²) in [6, 6.07) is 11.5. The van der Waals surface area contributed by atoms with E-state index in [1.54, 1.807) is 12.1 Å². The van der Waals surface area contributed by atoms with Crippen molar-refractivity contribution in [3.8, 4) is 17.2 Å². The Labute approximate surface area is 180 Å². The van der Waals surface area contributed by atoms with Crippen molar-refractivity contribution in [1.82, 2.24) is 0 Å². The summed E-state index contributed by atoms with van der Waals surface area (Å²) in [5.74, 6) is 0.403.